The van der Waals surface area contributed by atoms with Gasteiger partial charge in [-0.05, 0) is 88.0 Å². The molecule has 0 atom stereocenters. The van der Waals surface area contributed by atoms with E-state index in [0.717, 1.165) is 89.2 Å². The molecule has 8 aromatic carbocycles. The first kappa shape index (κ1) is 35.9. The second-order valence-electron chi connectivity index (χ2n) is 15.3. The molecule has 4 nitrogen and oxygen atoms in total. The smallest absolute Gasteiger partial charge is 0.160 e. The number of hydrogen-bond donors (Lipinski definition) is 0. The van der Waals surface area contributed by atoms with Gasteiger partial charge in [-0.1, -0.05) is 176 Å². The van der Waals surface area contributed by atoms with E-state index in [1.807, 2.05) is 18.2 Å². The third kappa shape index (κ3) is 6.96. The zero-order chi connectivity index (χ0) is 40.5. The number of rotatable bonds is 8. The van der Waals surface area contributed by atoms with E-state index < -0.39 is 0 Å². The lowest BCUT2D eigenvalue weighted by molar-refractivity contribution is 1.08. The first-order valence-electron chi connectivity index (χ1n) is 20.6. The largest absolute Gasteiger partial charge is 0.294 e. The highest BCUT2D eigenvalue weighted by Crippen LogP contribution is 2.39. The number of hydrogen-bond acceptors (Lipinski definition) is 3. The molecule has 0 amide bonds. The summed E-state index contributed by atoms with van der Waals surface area (Å²) in [4.78, 5) is 15.8. The van der Waals surface area contributed by atoms with Gasteiger partial charge < -0.3 is 0 Å². The van der Waals surface area contributed by atoms with Crippen molar-refractivity contribution in [3.05, 3.63) is 231 Å². The lowest BCUT2D eigenvalue weighted by atomic mass is 9.98. The molecule has 286 valence electrons. The minimum Gasteiger partial charge on any atom is -0.294 e. The number of aromatic nitrogens is 4. The van der Waals surface area contributed by atoms with E-state index in [-0.39, 0.29) is 0 Å². The van der Waals surface area contributed by atoms with Crippen LogP contribution in [0, 0.1) is 0 Å². The molecule has 0 unspecified atom stereocenters. The normalized spacial score (nSPS) is 11.3. The van der Waals surface area contributed by atoms with Crippen molar-refractivity contribution in [1.29, 1.82) is 0 Å². The van der Waals surface area contributed by atoms with Crippen LogP contribution in [-0.4, -0.2) is 19.5 Å². The first-order chi connectivity index (χ1) is 30.2. The van der Waals surface area contributed by atoms with Gasteiger partial charge in [0.2, 0.25) is 0 Å². The zero-order valence-corrected chi connectivity index (χ0v) is 33.2. The maximum Gasteiger partial charge on any atom is 0.160 e. The fourth-order valence-electron chi connectivity index (χ4n) is 8.37. The highest BCUT2D eigenvalue weighted by atomic mass is 15.1. The van der Waals surface area contributed by atoms with Crippen LogP contribution in [0.3, 0.4) is 0 Å². The van der Waals surface area contributed by atoms with Gasteiger partial charge in [0.1, 0.15) is 5.82 Å². The molecule has 0 aliphatic carbocycles. The van der Waals surface area contributed by atoms with Crippen LogP contribution in [0.1, 0.15) is 0 Å². The van der Waals surface area contributed by atoms with Crippen LogP contribution >= 0.6 is 0 Å². The zero-order valence-electron chi connectivity index (χ0n) is 33.2. The van der Waals surface area contributed by atoms with Gasteiger partial charge in [-0.25, -0.2) is 15.0 Å². The molecule has 61 heavy (non-hydrogen) atoms. The quantitative estimate of drug-likeness (QED) is 0.154. The summed E-state index contributed by atoms with van der Waals surface area (Å²) in [6, 6.07) is 81.0. The Morgan fingerprint density at radius 2 is 0.639 bits per heavy atom. The highest BCUT2D eigenvalue weighted by molar-refractivity contribution is 6.11. The maximum atomic E-state index is 5.41. The molecule has 4 heteroatoms. The van der Waals surface area contributed by atoms with Gasteiger partial charge in [-0.2, -0.15) is 0 Å². The molecule has 3 heterocycles. The van der Waals surface area contributed by atoms with Gasteiger partial charge in [-0.3, -0.25) is 4.57 Å². The van der Waals surface area contributed by atoms with Gasteiger partial charge in [0.25, 0.3) is 0 Å². The molecule has 11 aromatic rings. The van der Waals surface area contributed by atoms with Crippen LogP contribution in [0.25, 0.3) is 106 Å². The van der Waals surface area contributed by atoms with Crippen molar-refractivity contribution in [2.45, 2.75) is 0 Å². The monoisotopic (exact) mass is 778 g/mol. The maximum absolute atomic E-state index is 5.41. The summed E-state index contributed by atoms with van der Waals surface area (Å²) >= 11 is 0. The molecule has 3 aromatic heterocycles. The Kier molecular flexibility index (Phi) is 9.14. The van der Waals surface area contributed by atoms with Gasteiger partial charge in [-0.15, -0.1) is 0 Å². The van der Waals surface area contributed by atoms with Crippen molar-refractivity contribution >= 4 is 21.8 Å². The Hall–Kier alpha value is -8.21. The van der Waals surface area contributed by atoms with Crippen molar-refractivity contribution in [3.8, 4) is 84.4 Å². The van der Waals surface area contributed by atoms with Crippen LogP contribution < -0.4 is 0 Å². The van der Waals surface area contributed by atoms with Crippen LogP contribution in [0.4, 0.5) is 0 Å². The molecule has 0 aliphatic heterocycles. The molecule has 0 spiro atoms. The standard InChI is InChI=1S/C57H38N4/c1-6-17-39(18-7-1)44-27-16-28-45(33-44)46-29-31-54-49(34-46)50-35-47(57-59-52(42-23-12-4-13-24-42)38-53(60-57)43-25-14-5-15-26-43)30-32-55(50)61(54)56-37-48(40-19-8-2-9-20-40)36-51(58-56)41-21-10-3-11-22-41/h1-38H. The van der Waals surface area contributed by atoms with Crippen LogP contribution in [0.15, 0.2) is 231 Å². The molecule has 0 aliphatic rings. The van der Waals surface area contributed by atoms with E-state index in [1.54, 1.807) is 0 Å². The third-order valence-electron chi connectivity index (χ3n) is 11.4. The van der Waals surface area contributed by atoms with Gasteiger partial charge in [0, 0.05) is 33.0 Å². The highest BCUT2D eigenvalue weighted by Gasteiger charge is 2.19. The van der Waals surface area contributed by atoms with Crippen LogP contribution in [0.2, 0.25) is 0 Å². The number of nitrogens with zero attached hydrogens (tertiary/aromatic N) is 4. The third-order valence-corrected chi connectivity index (χ3v) is 11.4. The molecule has 0 saturated carbocycles. The number of pyridine rings is 1. The van der Waals surface area contributed by atoms with Crippen LogP contribution in [-0.2, 0) is 0 Å². The summed E-state index contributed by atoms with van der Waals surface area (Å²) < 4.78 is 2.31. The average Bonchev–Trinajstić information content (AvgIpc) is 3.68. The Bertz CT molecular complexity index is 3210. The second kappa shape index (κ2) is 15.5. The van der Waals surface area contributed by atoms with Gasteiger partial charge in [0.15, 0.2) is 5.82 Å². The summed E-state index contributed by atoms with van der Waals surface area (Å²) in [6.07, 6.45) is 0. The predicted octanol–water partition coefficient (Wildman–Crippen LogP) is 14.6. The lowest BCUT2D eigenvalue weighted by Gasteiger charge is -2.13. The van der Waals surface area contributed by atoms with E-state index in [4.69, 9.17) is 15.0 Å². The van der Waals surface area contributed by atoms with Crippen molar-refractivity contribution < 1.29 is 0 Å². The lowest BCUT2D eigenvalue weighted by Crippen LogP contribution is -2.00. The molecular formula is C57H38N4. The summed E-state index contributed by atoms with van der Waals surface area (Å²) in [5.74, 6) is 1.52. The summed E-state index contributed by atoms with van der Waals surface area (Å²) in [6.45, 7) is 0. The first-order valence-corrected chi connectivity index (χ1v) is 20.6. The Labute approximate surface area is 354 Å². The molecule has 0 bridgehead atoms. The molecular weight excluding hydrogens is 741 g/mol. The van der Waals surface area contributed by atoms with E-state index in [2.05, 4.69) is 217 Å². The van der Waals surface area contributed by atoms with Gasteiger partial charge in [0.05, 0.1) is 28.1 Å². The van der Waals surface area contributed by atoms with Crippen molar-refractivity contribution in [2.75, 3.05) is 0 Å². The number of benzene rings is 8. The fraction of sp³-hybridized carbons (Fsp3) is 0. The second-order valence-corrected chi connectivity index (χ2v) is 15.3. The minimum atomic E-state index is 0.672. The molecule has 0 fully saturated rings. The van der Waals surface area contributed by atoms with E-state index in [0.29, 0.717) is 5.82 Å². The van der Waals surface area contributed by atoms with Crippen molar-refractivity contribution in [2.24, 2.45) is 0 Å². The SMILES string of the molecule is c1ccc(-c2cccc(-c3ccc4c(c3)c3cc(-c5nc(-c6ccccc6)cc(-c6ccccc6)n5)ccc3n4-c3cc(-c4ccccc4)cc(-c4ccccc4)n3)c2)cc1. The van der Waals surface area contributed by atoms with E-state index in [1.165, 1.54) is 11.1 Å². The average molecular weight is 779 g/mol. The van der Waals surface area contributed by atoms with Crippen molar-refractivity contribution in [1.82, 2.24) is 19.5 Å². The summed E-state index contributed by atoms with van der Waals surface area (Å²) in [5.41, 5.74) is 15.8. The van der Waals surface area contributed by atoms with Crippen molar-refractivity contribution in [3.63, 3.8) is 0 Å². The van der Waals surface area contributed by atoms with Crippen LogP contribution in [0.5, 0.6) is 0 Å². The Morgan fingerprint density at radius 1 is 0.246 bits per heavy atom. The Morgan fingerprint density at radius 3 is 1.16 bits per heavy atom. The molecule has 0 saturated heterocycles. The summed E-state index contributed by atoms with van der Waals surface area (Å²) in [7, 11) is 0. The molecule has 0 radical (unpaired) electrons. The molecule has 11 rings (SSSR count). The van der Waals surface area contributed by atoms with E-state index >= 15 is 0 Å². The fourth-order valence-corrected chi connectivity index (χ4v) is 8.37. The summed E-state index contributed by atoms with van der Waals surface area (Å²) in [5, 5.41) is 2.21. The van der Waals surface area contributed by atoms with Gasteiger partial charge >= 0.3 is 0 Å². The number of fused-ring (bicyclic) bond motifs is 3. The van der Waals surface area contributed by atoms with E-state index in [9.17, 15) is 0 Å². The topological polar surface area (TPSA) is 43.6 Å². The minimum absolute atomic E-state index is 0.672. The Balaban J connectivity index is 1.15. The predicted molar refractivity (Wildman–Crippen MR) is 252 cm³/mol. The molecule has 0 N–H and O–H groups in total.